The van der Waals surface area contributed by atoms with E-state index in [-0.39, 0.29) is 11.9 Å². The number of carbonyl (C=O) groups excluding carboxylic acids is 1. The van der Waals surface area contributed by atoms with Crippen LogP contribution in [0.3, 0.4) is 0 Å². The van der Waals surface area contributed by atoms with Crippen molar-refractivity contribution in [3.05, 3.63) is 48.0 Å². The molecule has 0 spiro atoms. The molecule has 1 fully saturated rings. The number of piperidine rings is 1. The molecular formula is C23H30N4O3. The molecule has 0 aliphatic carbocycles. The predicted molar refractivity (Wildman–Crippen MR) is 121 cm³/mol. The van der Waals surface area contributed by atoms with E-state index in [1.54, 1.807) is 26.4 Å². The van der Waals surface area contributed by atoms with Gasteiger partial charge in [0.15, 0.2) is 11.5 Å². The first-order chi connectivity index (χ1) is 14.5. The Labute approximate surface area is 178 Å². The van der Waals surface area contributed by atoms with Crippen molar-refractivity contribution >= 4 is 23.5 Å². The van der Waals surface area contributed by atoms with Crippen LogP contribution in [0.25, 0.3) is 0 Å². The molecule has 2 aromatic carbocycles. The van der Waals surface area contributed by atoms with Crippen LogP contribution < -0.4 is 19.7 Å². The number of rotatable bonds is 7. The first kappa shape index (κ1) is 21.5. The third-order valence-electron chi connectivity index (χ3n) is 5.19. The maximum absolute atomic E-state index is 13.0. The van der Waals surface area contributed by atoms with Crippen LogP contribution in [0.15, 0.2) is 47.6 Å². The molecule has 7 heteroatoms. The number of hydrogen-bond donors (Lipinski definition) is 1. The van der Waals surface area contributed by atoms with E-state index in [0.717, 1.165) is 37.1 Å². The lowest BCUT2D eigenvalue weighted by Gasteiger charge is -2.32. The Bertz CT molecular complexity index is 881. The highest BCUT2D eigenvalue weighted by molar-refractivity contribution is 5.95. The molecule has 0 radical (unpaired) electrons. The molecule has 0 bridgehead atoms. The fraction of sp³-hybridized carbons (Fsp3) is 0.391. The maximum Gasteiger partial charge on any atom is 0.248 e. The van der Waals surface area contributed by atoms with Crippen LogP contribution in [-0.4, -0.2) is 58.0 Å². The van der Waals surface area contributed by atoms with Crippen LogP contribution in [0.4, 0.5) is 11.4 Å². The molecular weight excluding hydrogens is 380 g/mol. The fourth-order valence-corrected chi connectivity index (χ4v) is 3.46. The zero-order chi connectivity index (χ0) is 21.5. The molecule has 1 atom stereocenters. The minimum absolute atomic E-state index is 0.0676. The molecule has 1 aliphatic heterocycles. The molecule has 1 N–H and O–H groups in total. The van der Waals surface area contributed by atoms with Gasteiger partial charge in [-0.15, -0.1) is 0 Å². The standard InChI is InChI=1S/C23H30N4O3/c1-26(2)19-11-8-17(9-12-19)16-24-27-14-6-5-7-20(27)23(28)25-18-10-13-21(29-3)22(15-18)30-4/h8-13,15-16,20H,5-7,14H2,1-4H3,(H,25,28)/b24-16+. The average Bonchev–Trinajstić information content (AvgIpc) is 2.78. The number of carbonyl (C=O) groups is 1. The minimum atomic E-state index is -0.302. The van der Waals surface area contributed by atoms with Crippen molar-refractivity contribution in [1.82, 2.24) is 5.01 Å². The monoisotopic (exact) mass is 410 g/mol. The fourth-order valence-electron chi connectivity index (χ4n) is 3.46. The Morgan fingerprint density at radius 3 is 2.50 bits per heavy atom. The van der Waals surface area contributed by atoms with Gasteiger partial charge in [-0.05, 0) is 49.1 Å². The number of hydrazone groups is 1. The van der Waals surface area contributed by atoms with Gasteiger partial charge < -0.3 is 19.7 Å². The third kappa shape index (κ3) is 5.23. The Kier molecular flexibility index (Phi) is 7.17. The molecule has 2 aromatic rings. The molecule has 0 saturated carbocycles. The van der Waals surface area contributed by atoms with Crippen molar-refractivity contribution in [2.45, 2.75) is 25.3 Å². The second kappa shape index (κ2) is 10.0. The zero-order valence-electron chi connectivity index (χ0n) is 18.1. The zero-order valence-corrected chi connectivity index (χ0v) is 18.1. The van der Waals surface area contributed by atoms with Crippen molar-refractivity contribution in [2.24, 2.45) is 5.10 Å². The van der Waals surface area contributed by atoms with Crippen LogP contribution in [-0.2, 0) is 4.79 Å². The van der Waals surface area contributed by atoms with Gasteiger partial charge >= 0.3 is 0 Å². The minimum Gasteiger partial charge on any atom is -0.493 e. The molecule has 7 nitrogen and oxygen atoms in total. The summed E-state index contributed by atoms with van der Waals surface area (Å²) in [7, 11) is 7.19. The number of hydrogen-bond acceptors (Lipinski definition) is 6. The van der Waals surface area contributed by atoms with Gasteiger partial charge in [0, 0.05) is 38.1 Å². The summed E-state index contributed by atoms with van der Waals surface area (Å²) in [5.74, 6) is 1.14. The molecule has 160 valence electrons. The molecule has 0 aromatic heterocycles. The summed E-state index contributed by atoms with van der Waals surface area (Å²) in [6, 6.07) is 13.2. The predicted octanol–water partition coefficient (Wildman–Crippen LogP) is 3.60. The normalized spacial score (nSPS) is 16.4. The van der Waals surface area contributed by atoms with Crippen molar-refractivity contribution in [3.8, 4) is 11.5 Å². The SMILES string of the molecule is COc1ccc(NC(=O)C2CCCCN2/N=C/c2ccc(N(C)C)cc2)cc1OC. The van der Waals surface area contributed by atoms with E-state index in [0.29, 0.717) is 17.2 Å². The lowest BCUT2D eigenvalue weighted by molar-refractivity contribution is -0.122. The Morgan fingerprint density at radius 1 is 1.10 bits per heavy atom. The van der Waals surface area contributed by atoms with Crippen LogP contribution in [0.2, 0.25) is 0 Å². The van der Waals surface area contributed by atoms with Crippen LogP contribution in [0, 0.1) is 0 Å². The number of nitrogens with zero attached hydrogens (tertiary/aromatic N) is 3. The van der Waals surface area contributed by atoms with Gasteiger partial charge in [-0.25, -0.2) is 0 Å². The van der Waals surface area contributed by atoms with E-state index in [9.17, 15) is 4.79 Å². The number of anilines is 2. The van der Waals surface area contributed by atoms with Gasteiger partial charge in [0.05, 0.1) is 20.4 Å². The van der Waals surface area contributed by atoms with Crippen molar-refractivity contribution in [3.63, 3.8) is 0 Å². The summed E-state index contributed by atoms with van der Waals surface area (Å²) in [4.78, 5) is 15.0. The quantitative estimate of drug-likeness (QED) is 0.707. The molecule has 1 aliphatic rings. The maximum atomic E-state index is 13.0. The van der Waals surface area contributed by atoms with Crippen LogP contribution in [0.5, 0.6) is 11.5 Å². The van der Waals surface area contributed by atoms with E-state index < -0.39 is 0 Å². The second-order valence-electron chi connectivity index (χ2n) is 7.46. The Morgan fingerprint density at radius 2 is 1.83 bits per heavy atom. The lowest BCUT2D eigenvalue weighted by Crippen LogP contribution is -2.44. The third-order valence-corrected chi connectivity index (χ3v) is 5.19. The summed E-state index contributed by atoms with van der Waals surface area (Å²) >= 11 is 0. The van der Waals surface area contributed by atoms with Gasteiger partial charge in [-0.3, -0.25) is 9.80 Å². The highest BCUT2D eigenvalue weighted by atomic mass is 16.5. The average molecular weight is 411 g/mol. The van der Waals surface area contributed by atoms with Gasteiger partial charge in [0.1, 0.15) is 6.04 Å². The molecule has 3 rings (SSSR count). The number of ether oxygens (including phenoxy) is 2. The van der Waals surface area contributed by atoms with E-state index in [1.165, 1.54) is 0 Å². The van der Waals surface area contributed by atoms with Crippen molar-refractivity contribution in [1.29, 1.82) is 0 Å². The van der Waals surface area contributed by atoms with Gasteiger partial charge in [-0.2, -0.15) is 5.10 Å². The highest BCUT2D eigenvalue weighted by Crippen LogP contribution is 2.30. The number of methoxy groups -OCH3 is 2. The lowest BCUT2D eigenvalue weighted by atomic mass is 10.0. The van der Waals surface area contributed by atoms with Gasteiger partial charge in [-0.1, -0.05) is 12.1 Å². The summed E-state index contributed by atoms with van der Waals surface area (Å²) in [6.45, 7) is 0.760. The molecule has 1 heterocycles. The highest BCUT2D eigenvalue weighted by Gasteiger charge is 2.28. The summed E-state index contributed by atoms with van der Waals surface area (Å²) < 4.78 is 10.6. The Hall–Kier alpha value is -3.22. The molecule has 1 amide bonds. The van der Waals surface area contributed by atoms with Crippen LogP contribution in [0.1, 0.15) is 24.8 Å². The van der Waals surface area contributed by atoms with Crippen molar-refractivity contribution in [2.75, 3.05) is 45.1 Å². The van der Waals surface area contributed by atoms with Gasteiger partial charge in [0.2, 0.25) is 5.91 Å². The van der Waals surface area contributed by atoms with E-state index in [1.807, 2.05) is 43.5 Å². The molecule has 30 heavy (non-hydrogen) atoms. The smallest absolute Gasteiger partial charge is 0.248 e. The van der Waals surface area contributed by atoms with Crippen LogP contribution >= 0.6 is 0 Å². The van der Waals surface area contributed by atoms with E-state index in [4.69, 9.17) is 9.47 Å². The van der Waals surface area contributed by atoms with Crippen molar-refractivity contribution < 1.29 is 14.3 Å². The number of nitrogens with one attached hydrogen (secondary N) is 1. The first-order valence-corrected chi connectivity index (χ1v) is 10.1. The number of benzene rings is 2. The molecule has 1 unspecified atom stereocenters. The first-order valence-electron chi connectivity index (χ1n) is 10.1. The Balaban J connectivity index is 1.69. The molecule has 1 saturated heterocycles. The largest absolute Gasteiger partial charge is 0.493 e. The van der Waals surface area contributed by atoms with E-state index >= 15 is 0 Å². The van der Waals surface area contributed by atoms with Gasteiger partial charge in [0.25, 0.3) is 0 Å². The van der Waals surface area contributed by atoms with E-state index in [2.05, 4.69) is 27.5 Å². The summed E-state index contributed by atoms with van der Waals surface area (Å²) in [6.07, 6.45) is 4.63. The topological polar surface area (TPSA) is 66.4 Å². The number of amides is 1. The second-order valence-corrected chi connectivity index (χ2v) is 7.46. The summed E-state index contributed by atoms with van der Waals surface area (Å²) in [5, 5.41) is 9.50. The summed E-state index contributed by atoms with van der Waals surface area (Å²) in [5.41, 5.74) is 2.81.